The summed E-state index contributed by atoms with van der Waals surface area (Å²) in [6, 6.07) is 5.07. The Balaban J connectivity index is 3.23. The quantitative estimate of drug-likeness (QED) is 0.878. The van der Waals surface area contributed by atoms with Gasteiger partial charge in [-0.05, 0) is 51.3 Å². The van der Waals surface area contributed by atoms with Crippen LogP contribution in [0.4, 0.5) is 0 Å². The first kappa shape index (κ1) is 15.8. The molecule has 0 amide bonds. The van der Waals surface area contributed by atoms with Crippen LogP contribution in [-0.4, -0.2) is 21.4 Å². The van der Waals surface area contributed by atoms with Gasteiger partial charge in [0, 0.05) is 5.56 Å². The second kappa shape index (κ2) is 4.71. The lowest BCUT2D eigenvalue weighted by molar-refractivity contribution is -0.0912. The van der Waals surface area contributed by atoms with Gasteiger partial charge in [-0.25, -0.2) is 0 Å². The first-order valence-corrected chi connectivity index (χ1v) is 6.59. The van der Waals surface area contributed by atoms with Crippen LogP contribution in [0.1, 0.15) is 54.0 Å². The number of aliphatic hydroxyl groups is 1. The van der Waals surface area contributed by atoms with Gasteiger partial charge in [0.2, 0.25) is 0 Å². The number of hydrogen-bond acceptors (Lipinski definition) is 3. The molecule has 1 rings (SSSR count). The Morgan fingerprint density at radius 1 is 0.947 bits per heavy atom. The number of phenols is 1. The zero-order valence-corrected chi connectivity index (χ0v) is 13.0. The van der Waals surface area contributed by atoms with Crippen molar-refractivity contribution in [2.45, 2.75) is 65.1 Å². The molecule has 19 heavy (non-hydrogen) atoms. The zero-order valence-electron chi connectivity index (χ0n) is 13.0. The summed E-state index contributed by atoms with van der Waals surface area (Å²) < 4.78 is 6.02. The molecule has 0 aliphatic heterocycles. The normalized spacial score (nSPS) is 13.5. The SMILES string of the molecule is CC(C)(C)c1cc(O)ccc1OC(C)(C)C(C)(C)O. The van der Waals surface area contributed by atoms with Gasteiger partial charge in [-0.3, -0.25) is 0 Å². The second-order valence-electron chi connectivity index (χ2n) is 7.10. The van der Waals surface area contributed by atoms with Crippen molar-refractivity contribution < 1.29 is 14.9 Å². The van der Waals surface area contributed by atoms with E-state index in [1.165, 1.54) is 0 Å². The van der Waals surface area contributed by atoms with E-state index in [1.807, 2.05) is 13.8 Å². The number of ether oxygens (including phenoxy) is 1. The van der Waals surface area contributed by atoms with E-state index in [1.54, 1.807) is 32.0 Å². The van der Waals surface area contributed by atoms with Gasteiger partial charge in [-0.15, -0.1) is 0 Å². The summed E-state index contributed by atoms with van der Waals surface area (Å²) in [5, 5.41) is 19.8. The molecule has 0 aliphatic rings. The van der Waals surface area contributed by atoms with Gasteiger partial charge in [-0.1, -0.05) is 20.8 Å². The average Bonchev–Trinajstić information content (AvgIpc) is 2.17. The van der Waals surface area contributed by atoms with Crippen molar-refractivity contribution in [2.75, 3.05) is 0 Å². The highest BCUT2D eigenvalue weighted by molar-refractivity contribution is 5.44. The number of aromatic hydroxyl groups is 1. The van der Waals surface area contributed by atoms with Crippen LogP contribution < -0.4 is 4.74 Å². The molecule has 2 N–H and O–H groups in total. The highest BCUT2D eigenvalue weighted by atomic mass is 16.5. The molecule has 0 saturated carbocycles. The van der Waals surface area contributed by atoms with Crippen molar-refractivity contribution >= 4 is 0 Å². The minimum absolute atomic E-state index is 0.149. The van der Waals surface area contributed by atoms with Crippen LogP contribution in [-0.2, 0) is 5.41 Å². The zero-order chi connectivity index (χ0) is 15.1. The van der Waals surface area contributed by atoms with Gasteiger partial charge < -0.3 is 14.9 Å². The van der Waals surface area contributed by atoms with Crippen LogP contribution in [0, 0.1) is 0 Å². The molecule has 0 radical (unpaired) electrons. The molecule has 0 fully saturated rings. The molecule has 0 heterocycles. The van der Waals surface area contributed by atoms with Crippen molar-refractivity contribution in [3.8, 4) is 11.5 Å². The molecule has 108 valence electrons. The molecule has 0 saturated heterocycles. The van der Waals surface area contributed by atoms with Crippen molar-refractivity contribution in [1.29, 1.82) is 0 Å². The Hall–Kier alpha value is -1.22. The molecule has 3 nitrogen and oxygen atoms in total. The van der Waals surface area contributed by atoms with Gasteiger partial charge in [0.1, 0.15) is 17.1 Å². The number of rotatable bonds is 3. The smallest absolute Gasteiger partial charge is 0.131 e. The predicted molar refractivity (Wildman–Crippen MR) is 77.8 cm³/mol. The molecule has 0 bridgehead atoms. The average molecular weight is 266 g/mol. The Kier molecular flexibility index (Phi) is 3.93. The maximum Gasteiger partial charge on any atom is 0.131 e. The fourth-order valence-electron chi connectivity index (χ4n) is 1.59. The third-order valence-corrected chi connectivity index (χ3v) is 3.61. The molecule has 0 atom stereocenters. The lowest BCUT2D eigenvalue weighted by Gasteiger charge is -2.39. The van der Waals surface area contributed by atoms with Crippen LogP contribution >= 0.6 is 0 Å². The van der Waals surface area contributed by atoms with Gasteiger partial charge in [0.15, 0.2) is 0 Å². The van der Waals surface area contributed by atoms with Crippen LogP contribution in [0.2, 0.25) is 0 Å². The lowest BCUT2D eigenvalue weighted by atomic mass is 9.85. The van der Waals surface area contributed by atoms with E-state index in [4.69, 9.17) is 4.74 Å². The van der Waals surface area contributed by atoms with E-state index >= 15 is 0 Å². The number of benzene rings is 1. The van der Waals surface area contributed by atoms with E-state index in [9.17, 15) is 10.2 Å². The van der Waals surface area contributed by atoms with Gasteiger partial charge in [0.25, 0.3) is 0 Å². The van der Waals surface area contributed by atoms with Gasteiger partial charge in [0.05, 0.1) is 5.60 Å². The number of phenolic OH excluding ortho intramolecular Hbond substituents is 1. The summed E-state index contributed by atoms with van der Waals surface area (Å²) in [6.07, 6.45) is 0. The predicted octanol–water partition coefficient (Wildman–Crippen LogP) is 3.62. The topological polar surface area (TPSA) is 49.7 Å². The first-order chi connectivity index (χ1) is 8.34. The minimum Gasteiger partial charge on any atom is -0.508 e. The van der Waals surface area contributed by atoms with Crippen LogP contribution in [0.3, 0.4) is 0 Å². The molecule has 0 aromatic heterocycles. The summed E-state index contributed by atoms with van der Waals surface area (Å²) >= 11 is 0. The summed E-state index contributed by atoms with van der Waals surface area (Å²) in [4.78, 5) is 0. The van der Waals surface area contributed by atoms with E-state index in [-0.39, 0.29) is 11.2 Å². The Morgan fingerprint density at radius 3 is 1.89 bits per heavy atom. The Labute approximate surface area is 116 Å². The van der Waals surface area contributed by atoms with Gasteiger partial charge >= 0.3 is 0 Å². The van der Waals surface area contributed by atoms with Crippen molar-refractivity contribution in [3.05, 3.63) is 23.8 Å². The lowest BCUT2D eigenvalue weighted by Crippen LogP contribution is -2.49. The minimum atomic E-state index is -0.972. The molecule has 0 aliphatic carbocycles. The van der Waals surface area contributed by atoms with Crippen molar-refractivity contribution in [3.63, 3.8) is 0 Å². The Bertz CT molecular complexity index is 448. The summed E-state index contributed by atoms with van der Waals surface area (Å²) in [5.74, 6) is 0.913. The maximum absolute atomic E-state index is 10.2. The summed E-state index contributed by atoms with van der Waals surface area (Å²) in [5.41, 5.74) is -0.932. The molecule has 1 aromatic carbocycles. The molecular weight excluding hydrogens is 240 g/mol. The standard InChI is InChI=1S/C16H26O3/c1-14(2,3)12-10-11(17)8-9-13(12)19-16(6,7)15(4,5)18/h8-10,17-18H,1-7H3. The summed E-state index contributed by atoms with van der Waals surface area (Å²) in [6.45, 7) is 13.3. The van der Waals surface area contributed by atoms with Crippen LogP contribution in [0.15, 0.2) is 18.2 Å². The fourth-order valence-corrected chi connectivity index (χ4v) is 1.59. The summed E-state index contributed by atoms with van der Waals surface area (Å²) in [7, 11) is 0. The highest BCUT2D eigenvalue weighted by Gasteiger charge is 2.38. The third kappa shape index (κ3) is 3.63. The number of hydrogen-bond donors (Lipinski definition) is 2. The molecule has 1 aromatic rings. The van der Waals surface area contributed by atoms with E-state index < -0.39 is 11.2 Å². The second-order valence-corrected chi connectivity index (χ2v) is 7.10. The van der Waals surface area contributed by atoms with Crippen molar-refractivity contribution in [2.24, 2.45) is 0 Å². The monoisotopic (exact) mass is 266 g/mol. The maximum atomic E-state index is 10.2. The highest BCUT2D eigenvalue weighted by Crippen LogP contribution is 2.37. The van der Waals surface area contributed by atoms with E-state index in [0.29, 0.717) is 5.75 Å². The fraction of sp³-hybridized carbons (Fsp3) is 0.625. The van der Waals surface area contributed by atoms with Crippen LogP contribution in [0.25, 0.3) is 0 Å². The van der Waals surface area contributed by atoms with Crippen molar-refractivity contribution in [1.82, 2.24) is 0 Å². The van der Waals surface area contributed by atoms with E-state index in [2.05, 4.69) is 20.8 Å². The van der Waals surface area contributed by atoms with Crippen LogP contribution in [0.5, 0.6) is 11.5 Å². The molecule has 0 spiro atoms. The van der Waals surface area contributed by atoms with E-state index in [0.717, 1.165) is 5.56 Å². The largest absolute Gasteiger partial charge is 0.508 e. The first-order valence-electron chi connectivity index (χ1n) is 6.59. The molecular formula is C16H26O3. The third-order valence-electron chi connectivity index (χ3n) is 3.61. The van der Waals surface area contributed by atoms with Gasteiger partial charge in [-0.2, -0.15) is 0 Å². The molecule has 3 heteroatoms. The molecule has 0 unspecified atom stereocenters. The Morgan fingerprint density at radius 2 is 1.47 bits per heavy atom.